The molecule has 0 aromatic rings. The van der Waals surface area contributed by atoms with E-state index in [1.165, 1.54) is 0 Å². The van der Waals surface area contributed by atoms with E-state index in [2.05, 4.69) is 45.1 Å². The first-order valence-corrected chi connectivity index (χ1v) is 4.15. The van der Waals surface area contributed by atoms with E-state index in [4.69, 9.17) is 5.73 Å². The smallest absolute Gasteiger partial charge is 0.0166 e. The van der Waals surface area contributed by atoms with Crippen molar-refractivity contribution in [3.63, 3.8) is 0 Å². The molecule has 0 bridgehead atoms. The first-order valence-electron chi connectivity index (χ1n) is 4.15. The highest BCUT2D eigenvalue weighted by Crippen LogP contribution is 2.27. The Balaban J connectivity index is 2.74. The molecule has 1 aliphatic rings. The van der Waals surface area contributed by atoms with Crippen molar-refractivity contribution < 1.29 is 0 Å². The predicted molar refractivity (Wildman–Crippen MR) is 49.2 cm³/mol. The van der Waals surface area contributed by atoms with E-state index >= 15 is 0 Å². The van der Waals surface area contributed by atoms with Crippen LogP contribution >= 0.6 is 0 Å². The summed E-state index contributed by atoms with van der Waals surface area (Å²) in [5.41, 5.74) is 5.92. The average Bonchev–Trinajstić information content (AvgIpc) is 1.86. The molecule has 0 fully saturated rings. The Labute approximate surface area is 69.0 Å². The van der Waals surface area contributed by atoms with Crippen LogP contribution in [0.3, 0.4) is 0 Å². The third-order valence-corrected chi connectivity index (χ3v) is 2.27. The topological polar surface area (TPSA) is 26.0 Å². The van der Waals surface area contributed by atoms with Crippen LogP contribution in [0.4, 0.5) is 0 Å². The van der Waals surface area contributed by atoms with Crippen LogP contribution in [-0.2, 0) is 0 Å². The van der Waals surface area contributed by atoms with Gasteiger partial charge in [0, 0.05) is 11.5 Å². The lowest BCUT2D eigenvalue weighted by molar-refractivity contribution is 0.321. The molecule has 2 N–H and O–H groups in total. The summed E-state index contributed by atoms with van der Waals surface area (Å²) in [6.07, 6.45) is 8.58. The molecule has 1 rings (SSSR count). The molecule has 0 saturated heterocycles. The second-order valence-electron chi connectivity index (χ2n) is 3.98. The summed E-state index contributed by atoms with van der Waals surface area (Å²) in [4.78, 5) is 0. The monoisotopic (exact) mass is 151 g/mol. The van der Waals surface area contributed by atoms with Crippen molar-refractivity contribution >= 4 is 0 Å². The molecule has 62 valence electrons. The number of hydrogen-bond acceptors (Lipinski definition) is 1. The minimum absolute atomic E-state index is 0.0966. The van der Waals surface area contributed by atoms with E-state index in [1.807, 2.05) is 0 Å². The van der Waals surface area contributed by atoms with E-state index in [1.54, 1.807) is 0 Å². The molecule has 1 nitrogen and oxygen atoms in total. The van der Waals surface area contributed by atoms with Gasteiger partial charge in [-0.2, -0.15) is 0 Å². The molecule has 0 spiro atoms. The number of nitrogens with two attached hydrogens (primary N) is 1. The Hall–Kier alpha value is -0.560. The third kappa shape index (κ3) is 1.93. The van der Waals surface area contributed by atoms with Crippen LogP contribution in [0, 0.1) is 11.8 Å². The summed E-state index contributed by atoms with van der Waals surface area (Å²) in [5, 5.41) is 0. The zero-order chi connectivity index (χ0) is 8.48. The van der Waals surface area contributed by atoms with Crippen molar-refractivity contribution in [1.82, 2.24) is 0 Å². The van der Waals surface area contributed by atoms with Crippen LogP contribution in [0.5, 0.6) is 0 Å². The van der Waals surface area contributed by atoms with Gasteiger partial charge in [-0.3, -0.25) is 0 Å². The molecule has 0 amide bonds. The molecule has 0 heterocycles. The van der Waals surface area contributed by atoms with Crippen molar-refractivity contribution in [3.8, 4) is 0 Å². The summed E-state index contributed by atoms with van der Waals surface area (Å²) in [7, 11) is 0. The number of rotatable bonds is 1. The van der Waals surface area contributed by atoms with Gasteiger partial charge in [-0.1, -0.05) is 31.2 Å². The van der Waals surface area contributed by atoms with Gasteiger partial charge in [0.25, 0.3) is 0 Å². The van der Waals surface area contributed by atoms with Crippen molar-refractivity contribution in [2.24, 2.45) is 17.6 Å². The molecule has 1 heteroatoms. The van der Waals surface area contributed by atoms with Crippen LogP contribution in [-0.4, -0.2) is 5.54 Å². The summed E-state index contributed by atoms with van der Waals surface area (Å²) in [6, 6.07) is 0. The standard InChI is InChI=1S/C10H17N/c1-8-6-4-5-7-9(8)10(2,3)11/h4-9H,11H2,1-3H3. The van der Waals surface area contributed by atoms with Gasteiger partial charge in [-0.05, 0) is 19.8 Å². The van der Waals surface area contributed by atoms with E-state index in [-0.39, 0.29) is 5.54 Å². The summed E-state index contributed by atoms with van der Waals surface area (Å²) in [6.45, 7) is 6.37. The Morgan fingerprint density at radius 3 is 2.09 bits per heavy atom. The SMILES string of the molecule is CC1C=CC=CC1C(C)(C)N. The molecule has 0 radical (unpaired) electrons. The maximum absolute atomic E-state index is 6.02. The second kappa shape index (κ2) is 2.82. The Morgan fingerprint density at radius 2 is 1.73 bits per heavy atom. The molecule has 2 unspecified atom stereocenters. The minimum atomic E-state index is -0.0966. The molecule has 0 aliphatic heterocycles. The van der Waals surface area contributed by atoms with E-state index in [9.17, 15) is 0 Å². The fraction of sp³-hybridized carbons (Fsp3) is 0.600. The normalized spacial score (nSPS) is 30.9. The Bertz CT molecular complexity index is 184. The van der Waals surface area contributed by atoms with Crippen LogP contribution in [0.15, 0.2) is 24.3 Å². The minimum Gasteiger partial charge on any atom is -0.325 e. The summed E-state index contributed by atoms with van der Waals surface area (Å²) < 4.78 is 0. The summed E-state index contributed by atoms with van der Waals surface area (Å²) in [5.74, 6) is 1.05. The molecular formula is C10H17N. The lowest BCUT2D eigenvalue weighted by Gasteiger charge is -2.33. The molecule has 11 heavy (non-hydrogen) atoms. The average molecular weight is 151 g/mol. The van der Waals surface area contributed by atoms with Crippen LogP contribution < -0.4 is 5.73 Å². The van der Waals surface area contributed by atoms with Gasteiger partial charge in [-0.15, -0.1) is 0 Å². The highest BCUT2D eigenvalue weighted by Gasteiger charge is 2.27. The third-order valence-electron chi connectivity index (χ3n) is 2.27. The lowest BCUT2D eigenvalue weighted by Crippen LogP contribution is -2.43. The molecule has 0 saturated carbocycles. The molecular weight excluding hydrogens is 134 g/mol. The first-order chi connectivity index (χ1) is 5.02. The van der Waals surface area contributed by atoms with Gasteiger partial charge in [0.15, 0.2) is 0 Å². The van der Waals surface area contributed by atoms with Gasteiger partial charge in [0.2, 0.25) is 0 Å². The quantitative estimate of drug-likeness (QED) is 0.610. The largest absolute Gasteiger partial charge is 0.325 e. The fourth-order valence-corrected chi connectivity index (χ4v) is 1.64. The number of allylic oxidation sites excluding steroid dienone is 3. The maximum atomic E-state index is 6.02. The highest BCUT2D eigenvalue weighted by atomic mass is 14.7. The summed E-state index contributed by atoms with van der Waals surface area (Å²) >= 11 is 0. The first kappa shape index (κ1) is 8.54. The van der Waals surface area contributed by atoms with Crippen molar-refractivity contribution in [3.05, 3.63) is 24.3 Å². The van der Waals surface area contributed by atoms with Crippen molar-refractivity contribution in [1.29, 1.82) is 0 Å². The predicted octanol–water partition coefficient (Wildman–Crippen LogP) is 2.10. The van der Waals surface area contributed by atoms with Crippen LogP contribution in [0.25, 0.3) is 0 Å². The zero-order valence-corrected chi connectivity index (χ0v) is 7.54. The van der Waals surface area contributed by atoms with Gasteiger partial charge in [0.05, 0.1) is 0 Å². The van der Waals surface area contributed by atoms with Crippen LogP contribution in [0.2, 0.25) is 0 Å². The van der Waals surface area contributed by atoms with E-state index in [0.717, 1.165) is 0 Å². The lowest BCUT2D eigenvalue weighted by atomic mass is 9.77. The molecule has 0 aromatic heterocycles. The maximum Gasteiger partial charge on any atom is 0.0166 e. The van der Waals surface area contributed by atoms with Crippen molar-refractivity contribution in [2.45, 2.75) is 26.3 Å². The van der Waals surface area contributed by atoms with Gasteiger partial charge in [-0.25, -0.2) is 0 Å². The van der Waals surface area contributed by atoms with Gasteiger partial charge >= 0.3 is 0 Å². The van der Waals surface area contributed by atoms with Crippen LogP contribution in [0.1, 0.15) is 20.8 Å². The Kier molecular flexibility index (Phi) is 2.19. The molecule has 2 atom stereocenters. The zero-order valence-electron chi connectivity index (χ0n) is 7.54. The van der Waals surface area contributed by atoms with E-state index < -0.39 is 0 Å². The Morgan fingerprint density at radius 1 is 1.18 bits per heavy atom. The molecule has 1 aliphatic carbocycles. The molecule has 0 aromatic carbocycles. The second-order valence-corrected chi connectivity index (χ2v) is 3.98. The number of hydrogen-bond donors (Lipinski definition) is 1. The highest BCUT2D eigenvalue weighted by molar-refractivity contribution is 5.16. The van der Waals surface area contributed by atoms with Crippen molar-refractivity contribution in [2.75, 3.05) is 0 Å². The van der Waals surface area contributed by atoms with Gasteiger partial charge in [0.1, 0.15) is 0 Å². The fourth-order valence-electron chi connectivity index (χ4n) is 1.64. The van der Waals surface area contributed by atoms with Gasteiger partial charge < -0.3 is 5.73 Å². The van der Waals surface area contributed by atoms with E-state index in [0.29, 0.717) is 11.8 Å².